The van der Waals surface area contributed by atoms with E-state index in [2.05, 4.69) is 15.2 Å². The number of sulfone groups is 1. The second-order valence-electron chi connectivity index (χ2n) is 6.31. The fourth-order valence-electron chi connectivity index (χ4n) is 2.80. The zero-order valence-electron chi connectivity index (χ0n) is 16.7. The molecule has 1 heterocycles. The number of thioether (sulfide) groups is 1. The van der Waals surface area contributed by atoms with Gasteiger partial charge in [0.2, 0.25) is 15.7 Å². The second kappa shape index (κ2) is 9.23. The van der Waals surface area contributed by atoms with Gasteiger partial charge in [0.05, 0.1) is 17.6 Å². The van der Waals surface area contributed by atoms with Crippen LogP contribution >= 0.6 is 11.8 Å². The quantitative estimate of drug-likeness (QED) is 0.406. The van der Waals surface area contributed by atoms with Gasteiger partial charge in [0.15, 0.2) is 0 Å². The van der Waals surface area contributed by atoms with Crippen LogP contribution in [-0.4, -0.2) is 43.4 Å². The molecule has 0 fully saturated rings. The van der Waals surface area contributed by atoms with E-state index in [4.69, 9.17) is 5.73 Å². The van der Waals surface area contributed by atoms with Crippen molar-refractivity contribution in [3.05, 3.63) is 60.2 Å². The summed E-state index contributed by atoms with van der Waals surface area (Å²) in [5.41, 5.74) is 6.88. The van der Waals surface area contributed by atoms with Crippen molar-refractivity contribution in [2.45, 2.75) is 21.4 Å². The van der Waals surface area contributed by atoms with Crippen LogP contribution in [0, 0.1) is 0 Å². The van der Waals surface area contributed by atoms with Gasteiger partial charge >= 0.3 is 5.97 Å². The van der Waals surface area contributed by atoms with E-state index >= 15 is 0 Å². The molecule has 0 unspecified atom stereocenters. The number of benzene rings is 2. The van der Waals surface area contributed by atoms with Gasteiger partial charge in [0, 0.05) is 5.69 Å². The molecule has 3 N–H and O–H groups in total. The van der Waals surface area contributed by atoms with Gasteiger partial charge in [-0.3, -0.25) is 4.79 Å². The lowest BCUT2D eigenvalue weighted by Crippen LogP contribution is -2.21. The van der Waals surface area contributed by atoms with Crippen molar-refractivity contribution in [2.75, 3.05) is 24.4 Å². The van der Waals surface area contributed by atoms with Crippen molar-refractivity contribution < 1.29 is 22.7 Å². The van der Waals surface area contributed by atoms with Gasteiger partial charge in [-0.2, -0.15) is 5.10 Å². The summed E-state index contributed by atoms with van der Waals surface area (Å²) in [7, 11) is -2.63. The van der Waals surface area contributed by atoms with Crippen molar-refractivity contribution in [3.63, 3.8) is 0 Å². The predicted octanol–water partition coefficient (Wildman–Crippen LogP) is 2.45. The first-order valence-electron chi connectivity index (χ1n) is 8.96. The number of nitrogens with zero attached hydrogens (tertiary/aromatic N) is 2. The number of aromatic nitrogens is 2. The number of anilines is 2. The molecule has 0 aliphatic carbocycles. The summed E-state index contributed by atoms with van der Waals surface area (Å²) >= 11 is 1.12. The third-order valence-corrected chi connectivity index (χ3v) is 6.95. The molecule has 0 radical (unpaired) electrons. The molecule has 162 valence electrons. The van der Waals surface area contributed by atoms with Gasteiger partial charge in [0.25, 0.3) is 0 Å². The molecule has 11 heteroatoms. The van der Waals surface area contributed by atoms with Crippen molar-refractivity contribution in [1.82, 2.24) is 9.78 Å². The molecular formula is C20H20N4O5S2. The van der Waals surface area contributed by atoms with E-state index in [0.29, 0.717) is 11.3 Å². The monoisotopic (exact) mass is 460 g/mol. The molecule has 9 nitrogen and oxygen atoms in total. The Balaban J connectivity index is 1.83. The van der Waals surface area contributed by atoms with Gasteiger partial charge in [-0.05, 0) is 42.7 Å². The summed E-state index contributed by atoms with van der Waals surface area (Å²) in [5, 5.41) is 7.06. The maximum Gasteiger partial charge on any atom is 0.337 e. The average molecular weight is 461 g/mol. The maximum atomic E-state index is 13.1. The number of carbonyl (C=O) groups is 2. The Bertz CT molecular complexity index is 1210. The summed E-state index contributed by atoms with van der Waals surface area (Å²) < 4.78 is 31.9. The van der Waals surface area contributed by atoms with E-state index in [1.807, 2.05) is 0 Å². The molecule has 0 saturated carbocycles. The molecule has 2 aromatic carbocycles. The molecule has 1 aromatic heterocycles. The van der Waals surface area contributed by atoms with Gasteiger partial charge in [-0.25, -0.2) is 17.9 Å². The highest BCUT2D eigenvalue weighted by Crippen LogP contribution is 2.33. The van der Waals surface area contributed by atoms with E-state index in [0.717, 1.165) is 16.4 Å². The maximum absolute atomic E-state index is 13.1. The van der Waals surface area contributed by atoms with Crippen LogP contribution < -0.4 is 11.1 Å². The number of rotatable bonds is 7. The normalized spacial score (nSPS) is 11.2. The highest BCUT2D eigenvalue weighted by molar-refractivity contribution is 7.99. The highest BCUT2D eigenvalue weighted by Gasteiger charge is 2.29. The van der Waals surface area contributed by atoms with Gasteiger partial charge in [-0.1, -0.05) is 18.2 Å². The van der Waals surface area contributed by atoms with Crippen molar-refractivity contribution in [2.24, 2.45) is 0 Å². The molecule has 0 bridgehead atoms. The van der Waals surface area contributed by atoms with Crippen molar-refractivity contribution >= 4 is 45.0 Å². The lowest BCUT2D eigenvalue weighted by atomic mass is 10.2. The zero-order valence-corrected chi connectivity index (χ0v) is 18.4. The third-order valence-electron chi connectivity index (χ3n) is 4.32. The number of methoxy groups -OCH3 is 1. The zero-order chi connectivity index (χ0) is 22.6. The average Bonchev–Trinajstić information content (AvgIpc) is 3.10. The smallest absolute Gasteiger partial charge is 0.337 e. The standard InChI is InChI=1S/C20H20N4O5S2/c1-29-20(26)13-8-10-14(11-9-13)22-16(25)12-24-18(21)17(19(23-24)30-2)31(27,28)15-6-4-3-5-7-15/h3-11H,12,21H2,1-2H3,(H,22,25). The number of nitrogen functional groups attached to an aromatic ring is 1. The molecule has 1 amide bonds. The Morgan fingerprint density at radius 3 is 2.35 bits per heavy atom. The number of amides is 1. The molecule has 0 aliphatic rings. The lowest BCUT2D eigenvalue weighted by molar-refractivity contribution is -0.116. The van der Waals surface area contributed by atoms with Crippen LogP contribution in [0.2, 0.25) is 0 Å². The Labute approximate surface area is 183 Å². The van der Waals surface area contributed by atoms with Crippen molar-refractivity contribution in [3.8, 4) is 0 Å². The predicted molar refractivity (Wildman–Crippen MR) is 117 cm³/mol. The van der Waals surface area contributed by atoms with E-state index in [9.17, 15) is 18.0 Å². The highest BCUT2D eigenvalue weighted by atomic mass is 32.2. The molecule has 0 aliphatic heterocycles. The Kier molecular flexibility index (Phi) is 6.66. The molecule has 0 atom stereocenters. The van der Waals surface area contributed by atoms with Crippen LogP contribution in [0.5, 0.6) is 0 Å². The van der Waals surface area contributed by atoms with E-state index in [1.54, 1.807) is 36.6 Å². The number of hydrogen-bond acceptors (Lipinski definition) is 8. The van der Waals surface area contributed by atoms with Crippen LogP contribution in [0.15, 0.2) is 69.4 Å². The first-order valence-corrected chi connectivity index (χ1v) is 11.7. The van der Waals surface area contributed by atoms with E-state index < -0.39 is 21.7 Å². The minimum Gasteiger partial charge on any atom is -0.465 e. The number of esters is 1. The minimum absolute atomic E-state index is 0.0895. The molecular weight excluding hydrogens is 440 g/mol. The van der Waals surface area contributed by atoms with E-state index in [1.165, 1.54) is 31.4 Å². The number of nitrogens with two attached hydrogens (primary N) is 1. The Morgan fingerprint density at radius 1 is 1.13 bits per heavy atom. The molecule has 3 rings (SSSR count). The SMILES string of the molecule is COC(=O)c1ccc(NC(=O)Cn2nc(SC)c(S(=O)(=O)c3ccccc3)c2N)cc1. The Morgan fingerprint density at radius 2 is 1.77 bits per heavy atom. The summed E-state index contributed by atoms with van der Waals surface area (Å²) in [6, 6.07) is 14.0. The van der Waals surface area contributed by atoms with Crippen LogP contribution in [0.3, 0.4) is 0 Å². The first-order chi connectivity index (χ1) is 14.8. The molecule has 3 aromatic rings. The molecule has 0 spiro atoms. The number of ether oxygens (including phenoxy) is 1. The van der Waals surface area contributed by atoms with Crippen LogP contribution in [-0.2, 0) is 25.9 Å². The molecule has 31 heavy (non-hydrogen) atoms. The second-order valence-corrected chi connectivity index (χ2v) is 9.00. The van der Waals surface area contributed by atoms with Gasteiger partial charge < -0.3 is 15.8 Å². The largest absolute Gasteiger partial charge is 0.465 e. The van der Waals surface area contributed by atoms with Gasteiger partial charge in [0.1, 0.15) is 22.3 Å². The number of carbonyl (C=O) groups excluding carboxylic acids is 2. The van der Waals surface area contributed by atoms with Gasteiger partial charge in [-0.15, -0.1) is 11.8 Å². The summed E-state index contributed by atoms with van der Waals surface area (Å²) in [4.78, 5) is 23.9. The minimum atomic E-state index is -3.91. The lowest BCUT2D eigenvalue weighted by Gasteiger charge is -2.08. The van der Waals surface area contributed by atoms with E-state index in [-0.39, 0.29) is 27.2 Å². The van der Waals surface area contributed by atoms with Crippen molar-refractivity contribution in [1.29, 1.82) is 0 Å². The fourth-order valence-corrected chi connectivity index (χ4v) is 5.26. The summed E-state index contributed by atoms with van der Waals surface area (Å²) in [5.74, 6) is -1.07. The topological polar surface area (TPSA) is 133 Å². The third kappa shape index (κ3) is 4.72. The van der Waals surface area contributed by atoms with Crippen LogP contribution in [0.1, 0.15) is 10.4 Å². The summed E-state index contributed by atoms with van der Waals surface area (Å²) in [6.45, 7) is -0.289. The first kappa shape index (κ1) is 22.4. The number of nitrogens with one attached hydrogen (secondary N) is 1. The summed E-state index contributed by atoms with van der Waals surface area (Å²) in [6.07, 6.45) is 1.68. The van der Waals surface area contributed by atoms with Crippen LogP contribution in [0.4, 0.5) is 11.5 Å². The Hall–Kier alpha value is -3.31. The molecule has 0 saturated heterocycles. The fraction of sp³-hybridized carbons (Fsp3) is 0.150. The number of hydrogen-bond donors (Lipinski definition) is 2. The van der Waals surface area contributed by atoms with Crippen LogP contribution in [0.25, 0.3) is 0 Å².